The van der Waals surface area contributed by atoms with Gasteiger partial charge in [-0.05, 0) is 0 Å². The zero-order chi connectivity index (χ0) is 0. The molecule has 0 unspecified atom stereocenters. The van der Waals surface area contributed by atoms with Gasteiger partial charge in [0.15, 0.2) is 0 Å². The largest absolute Gasteiger partial charge is 2.00 e. The Morgan fingerprint density at radius 2 is 0.500 bits per heavy atom. The van der Waals surface area contributed by atoms with E-state index >= 15 is 0 Å². The SMILES string of the molecule is [O-2].[O-2].[O-2].[Sb]. The third kappa shape index (κ3) is 16.0. The summed E-state index contributed by atoms with van der Waals surface area (Å²) < 4.78 is 0. The Morgan fingerprint density at radius 1 is 0.500 bits per heavy atom. The second-order valence-corrected chi connectivity index (χ2v) is 0. The van der Waals surface area contributed by atoms with Crippen LogP contribution >= 0.6 is 0 Å². The summed E-state index contributed by atoms with van der Waals surface area (Å²) in [6.07, 6.45) is 0. The molecule has 0 N–H and O–H groups in total. The summed E-state index contributed by atoms with van der Waals surface area (Å²) in [6, 6.07) is 0. The maximum Gasteiger partial charge on any atom is 0 e. The maximum absolute atomic E-state index is 0. The molecule has 4 heteroatoms. The van der Waals surface area contributed by atoms with Crippen LogP contribution in [0, 0.1) is 0 Å². The minimum absolute atomic E-state index is 0. The van der Waals surface area contributed by atoms with Gasteiger partial charge < -0.3 is 16.4 Å². The van der Waals surface area contributed by atoms with Crippen LogP contribution in [0.15, 0.2) is 0 Å². The first-order valence-corrected chi connectivity index (χ1v) is 0. The predicted octanol–water partition coefficient (Wildman–Crippen LogP) is -0.737. The molecule has 0 bridgehead atoms. The minimum Gasteiger partial charge on any atom is -2.00 e. The van der Waals surface area contributed by atoms with Gasteiger partial charge >= 0.3 is 0 Å². The average Bonchev–Trinajstić information content (AvgIpc) is 0. The monoisotopic (exact) mass is 169 g/mol. The van der Waals surface area contributed by atoms with Crippen LogP contribution in [0.25, 0.3) is 0 Å². The number of hydrogen-bond donors (Lipinski definition) is 0. The van der Waals surface area contributed by atoms with Gasteiger partial charge in [0.25, 0.3) is 0 Å². The van der Waals surface area contributed by atoms with E-state index in [1.807, 2.05) is 0 Å². The minimum atomic E-state index is 0. The van der Waals surface area contributed by atoms with Crippen molar-refractivity contribution in [2.45, 2.75) is 0 Å². The average molecular weight is 170 g/mol. The summed E-state index contributed by atoms with van der Waals surface area (Å²) in [6.45, 7) is 0. The molecule has 3 radical (unpaired) electrons. The molecule has 0 amide bonds. The van der Waals surface area contributed by atoms with Crippen LogP contribution in [-0.2, 0) is 16.4 Å². The van der Waals surface area contributed by atoms with Gasteiger partial charge in [-0.1, -0.05) is 0 Å². The van der Waals surface area contributed by atoms with E-state index in [1.54, 1.807) is 0 Å². The van der Waals surface area contributed by atoms with Gasteiger partial charge in [-0.15, -0.1) is 0 Å². The van der Waals surface area contributed by atoms with Crippen LogP contribution in [0.3, 0.4) is 0 Å². The molecule has 0 saturated carbocycles. The van der Waals surface area contributed by atoms with Gasteiger partial charge in [-0.2, -0.15) is 0 Å². The zero-order valence-corrected chi connectivity index (χ0v) is 4.22. The quantitative estimate of drug-likeness (QED) is 0.428. The molecule has 0 fully saturated rings. The van der Waals surface area contributed by atoms with Crippen LogP contribution in [0.1, 0.15) is 0 Å². The number of hydrogen-bond acceptors (Lipinski definition) is 0. The van der Waals surface area contributed by atoms with Gasteiger partial charge in [0.05, 0.1) is 0 Å². The molecule has 0 saturated heterocycles. The maximum atomic E-state index is 0. The van der Waals surface area contributed by atoms with E-state index in [1.165, 1.54) is 0 Å². The Balaban J connectivity index is 0. The van der Waals surface area contributed by atoms with Crippen molar-refractivity contribution < 1.29 is 16.4 Å². The van der Waals surface area contributed by atoms with E-state index in [9.17, 15) is 0 Å². The topological polar surface area (TPSA) is 85.5 Å². The molecule has 0 aliphatic carbocycles. The molecule has 0 rings (SSSR count). The van der Waals surface area contributed by atoms with Crippen molar-refractivity contribution in [2.75, 3.05) is 0 Å². The Hall–Kier alpha value is 0.698. The van der Waals surface area contributed by atoms with Crippen molar-refractivity contribution in [1.82, 2.24) is 0 Å². The normalized spacial score (nSPS) is 0. The third-order valence-corrected chi connectivity index (χ3v) is 0. The van der Waals surface area contributed by atoms with Crippen LogP contribution < -0.4 is 0 Å². The fourth-order valence-electron chi connectivity index (χ4n) is 0. The van der Waals surface area contributed by atoms with Crippen molar-refractivity contribution in [3.8, 4) is 0 Å². The van der Waals surface area contributed by atoms with Gasteiger partial charge in [0, 0.05) is 24.4 Å². The summed E-state index contributed by atoms with van der Waals surface area (Å²) in [4.78, 5) is 0. The van der Waals surface area contributed by atoms with E-state index in [4.69, 9.17) is 0 Å². The fourth-order valence-corrected chi connectivity index (χ4v) is 0. The smallest absolute Gasteiger partial charge is 0 e. The van der Waals surface area contributed by atoms with Crippen LogP contribution in [0.5, 0.6) is 0 Å². The Bertz CT molecular complexity index is 3.25. The first-order chi connectivity index (χ1) is 0. The molecule has 0 heterocycles. The predicted molar refractivity (Wildman–Crippen MR) is 7.81 cm³/mol. The van der Waals surface area contributed by atoms with Crippen molar-refractivity contribution in [2.24, 2.45) is 0 Å². The fraction of sp³-hybridized carbons (Fsp3) is 0. The van der Waals surface area contributed by atoms with Gasteiger partial charge in [-0.3, -0.25) is 0 Å². The molecule has 0 aromatic heterocycles. The van der Waals surface area contributed by atoms with E-state index in [0.717, 1.165) is 0 Å². The summed E-state index contributed by atoms with van der Waals surface area (Å²) in [5.41, 5.74) is 0. The molecule has 3 nitrogen and oxygen atoms in total. The van der Waals surface area contributed by atoms with Crippen molar-refractivity contribution >= 4 is 24.4 Å². The molecular formula is O3Sb-6. The van der Waals surface area contributed by atoms with Gasteiger partial charge in [-0.25, -0.2) is 0 Å². The van der Waals surface area contributed by atoms with E-state index in [2.05, 4.69) is 0 Å². The number of rotatable bonds is 0. The van der Waals surface area contributed by atoms with Crippen molar-refractivity contribution in [3.63, 3.8) is 0 Å². The van der Waals surface area contributed by atoms with Gasteiger partial charge in [0.1, 0.15) is 0 Å². The molecule has 0 atom stereocenters. The first kappa shape index (κ1) is 132. The zero-order valence-electron chi connectivity index (χ0n) is 1.67. The van der Waals surface area contributed by atoms with Crippen LogP contribution in [0.2, 0.25) is 0 Å². The Labute approximate surface area is 41.4 Å². The van der Waals surface area contributed by atoms with Gasteiger partial charge in [0.2, 0.25) is 0 Å². The third-order valence-electron chi connectivity index (χ3n) is 0. The molecule has 0 aromatic rings. The van der Waals surface area contributed by atoms with E-state index in [0.29, 0.717) is 0 Å². The van der Waals surface area contributed by atoms with Crippen LogP contribution in [-0.4, -0.2) is 24.4 Å². The molecule has 0 spiro atoms. The van der Waals surface area contributed by atoms with Crippen molar-refractivity contribution in [3.05, 3.63) is 0 Å². The molecule has 0 aliphatic rings. The second kappa shape index (κ2) is 55.2. The Morgan fingerprint density at radius 3 is 0.500 bits per heavy atom. The summed E-state index contributed by atoms with van der Waals surface area (Å²) in [7, 11) is 0. The summed E-state index contributed by atoms with van der Waals surface area (Å²) in [5, 5.41) is 0. The molecule has 0 aliphatic heterocycles. The molecule has 4 heavy (non-hydrogen) atoms. The van der Waals surface area contributed by atoms with Crippen LogP contribution in [0.4, 0.5) is 0 Å². The Kier molecular flexibility index (Phi) is 1820. The summed E-state index contributed by atoms with van der Waals surface area (Å²) in [5.74, 6) is 0. The first-order valence-electron chi connectivity index (χ1n) is 0. The van der Waals surface area contributed by atoms with Crippen molar-refractivity contribution in [1.29, 1.82) is 0 Å². The van der Waals surface area contributed by atoms with E-state index in [-0.39, 0.29) is 40.9 Å². The molecule has 0 aromatic carbocycles. The molecule has 29 valence electrons. The summed E-state index contributed by atoms with van der Waals surface area (Å²) >= 11 is 0. The van der Waals surface area contributed by atoms with E-state index < -0.39 is 0 Å². The second-order valence-electron chi connectivity index (χ2n) is 0. The molecular weight excluding hydrogens is 170 g/mol. The standard InChI is InChI=1S/3O.Sb/q3*-2;.